The van der Waals surface area contributed by atoms with Crippen LogP contribution in [0, 0.1) is 0 Å². The number of thioether (sulfide) groups is 2. The van der Waals surface area contributed by atoms with E-state index in [4.69, 9.17) is 9.47 Å². The number of aromatic nitrogens is 4. The number of carboxylic acid groups (broad SMARTS) is 2. The summed E-state index contributed by atoms with van der Waals surface area (Å²) in [5.74, 6) is -3.43. The molecule has 18 heteroatoms. The first-order chi connectivity index (χ1) is 18.4. The number of amides is 3. The van der Waals surface area contributed by atoms with E-state index in [0.717, 1.165) is 4.90 Å². The first kappa shape index (κ1) is 30.2. The van der Waals surface area contributed by atoms with Crippen molar-refractivity contribution in [2.75, 3.05) is 18.6 Å². The van der Waals surface area contributed by atoms with Gasteiger partial charge in [0.15, 0.2) is 0 Å². The van der Waals surface area contributed by atoms with Gasteiger partial charge in [-0.25, -0.2) is 19.1 Å². The molecule has 0 saturated carbocycles. The summed E-state index contributed by atoms with van der Waals surface area (Å²) < 4.78 is 11.7. The average molecular weight is 588 g/mol. The number of rotatable bonds is 13. The zero-order valence-corrected chi connectivity index (χ0v) is 23.2. The van der Waals surface area contributed by atoms with Gasteiger partial charge in [0, 0.05) is 32.1 Å². The fourth-order valence-corrected chi connectivity index (χ4v) is 6.36. The SMILES string of the molecule is CO[C@@]1(NC(=O)CCCC(NC(=O)OC(C)C)C(=O)O)C(=O)N2C(C(=O)O)=C(CSc3nnnn3C)CS[C@H]21. The third-order valence-corrected chi connectivity index (χ3v) is 8.22. The van der Waals surface area contributed by atoms with Crippen molar-refractivity contribution in [3.63, 3.8) is 0 Å². The molecule has 3 rings (SSSR count). The Morgan fingerprint density at radius 1 is 1.28 bits per heavy atom. The Labute approximate surface area is 231 Å². The second-order valence-corrected chi connectivity index (χ2v) is 10.9. The van der Waals surface area contributed by atoms with Crippen molar-refractivity contribution >= 4 is 53.4 Å². The van der Waals surface area contributed by atoms with Crippen molar-refractivity contribution in [1.29, 1.82) is 0 Å². The minimum atomic E-state index is -1.78. The molecule has 1 fully saturated rings. The maximum Gasteiger partial charge on any atom is 0.408 e. The predicted octanol–water partition coefficient (Wildman–Crippen LogP) is -0.227. The zero-order valence-electron chi connectivity index (χ0n) is 21.6. The van der Waals surface area contributed by atoms with E-state index in [1.165, 1.54) is 35.3 Å². The molecular weight excluding hydrogens is 558 g/mol. The Kier molecular flexibility index (Phi) is 9.78. The van der Waals surface area contributed by atoms with Gasteiger partial charge >= 0.3 is 18.0 Å². The molecule has 0 spiro atoms. The third-order valence-electron chi connectivity index (χ3n) is 5.75. The molecule has 214 valence electrons. The molecule has 1 aromatic heterocycles. The van der Waals surface area contributed by atoms with E-state index >= 15 is 0 Å². The lowest BCUT2D eigenvalue weighted by molar-refractivity contribution is -0.192. The number of β-lactam (4-membered cyclic amide) rings is 1. The highest BCUT2D eigenvalue weighted by atomic mass is 32.2. The molecule has 3 atom stereocenters. The molecule has 3 amide bonds. The van der Waals surface area contributed by atoms with Gasteiger partial charge in [0.1, 0.15) is 17.1 Å². The molecule has 0 radical (unpaired) electrons. The Morgan fingerprint density at radius 2 is 2.00 bits per heavy atom. The van der Waals surface area contributed by atoms with E-state index in [9.17, 15) is 34.2 Å². The van der Waals surface area contributed by atoms with Crippen molar-refractivity contribution in [1.82, 2.24) is 35.7 Å². The minimum absolute atomic E-state index is 0.0673. The predicted molar refractivity (Wildman–Crippen MR) is 135 cm³/mol. The van der Waals surface area contributed by atoms with Crippen LogP contribution in [0.1, 0.15) is 33.1 Å². The van der Waals surface area contributed by atoms with Crippen molar-refractivity contribution < 1.29 is 43.7 Å². The van der Waals surface area contributed by atoms with Crippen LogP contribution in [0.15, 0.2) is 16.4 Å². The molecule has 0 aromatic carbocycles. The van der Waals surface area contributed by atoms with Crippen molar-refractivity contribution in [2.24, 2.45) is 7.05 Å². The van der Waals surface area contributed by atoms with Crippen LogP contribution in [0.2, 0.25) is 0 Å². The maximum atomic E-state index is 13.2. The van der Waals surface area contributed by atoms with Crippen molar-refractivity contribution in [3.05, 3.63) is 11.3 Å². The number of aryl methyl sites for hydroxylation is 1. The van der Waals surface area contributed by atoms with Crippen LogP contribution in [-0.2, 0) is 35.7 Å². The van der Waals surface area contributed by atoms with E-state index in [2.05, 4.69) is 26.2 Å². The van der Waals surface area contributed by atoms with E-state index in [0.29, 0.717) is 10.7 Å². The highest BCUT2D eigenvalue weighted by Gasteiger charge is 2.66. The van der Waals surface area contributed by atoms with Gasteiger partial charge in [0.2, 0.25) is 11.1 Å². The summed E-state index contributed by atoms with van der Waals surface area (Å²) in [4.78, 5) is 62.3. The first-order valence-electron chi connectivity index (χ1n) is 11.7. The Bertz CT molecular complexity index is 1170. The standard InChI is InChI=1S/C21H29N7O9S2/c1-10(2)37-20(35)22-12(15(30)31)6-5-7-13(29)23-21(36-4)17(34)28-14(16(32)33)11(8-38-18(21)28)9-39-19-24-25-26-27(19)3/h10,12,18H,5-9H2,1-4H3,(H,22,35)(H,23,29)(H,30,31)(H,32,33)/t12?,18-,21-/m0/s1. The number of tetrazole rings is 1. The fourth-order valence-electron chi connectivity index (χ4n) is 3.93. The van der Waals surface area contributed by atoms with E-state index in [-0.39, 0.29) is 36.5 Å². The van der Waals surface area contributed by atoms with Crippen LogP contribution in [0.25, 0.3) is 0 Å². The zero-order chi connectivity index (χ0) is 28.9. The van der Waals surface area contributed by atoms with Gasteiger partial charge in [-0.15, -0.1) is 16.9 Å². The molecule has 16 nitrogen and oxygen atoms in total. The molecule has 1 aromatic rings. The van der Waals surface area contributed by atoms with E-state index in [1.807, 2.05) is 0 Å². The second kappa shape index (κ2) is 12.6. The Morgan fingerprint density at radius 3 is 2.56 bits per heavy atom. The number of ether oxygens (including phenoxy) is 2. The normalized spacial score (nSPS) is 21.2. The van der Waals surface area contributed by atoms with Crippen LogP contribution in [0.5, 0.6) is 0 Å². The van der Waals surface area contributed by atoms with Crippen molar-refractivity contribution in [2.45, 2.75) is 61.5 Å². The lowest BCUT2D eigenvalue weighted by atomic mass is 9.98. The number of carbonyl (C=O) groups is 5. The lowest BCUT2D eigenvalue weighted by Crippen LogP contribution is -2.80. The Balaban J connectivity index is 1.62. The van der Waals surface area contributed by atoms with Crippen LogP contribution in [0.3, 0.4) is 0 Å². The van der Waals surface area contributed by atoms with Crippen LogP contribution in [-0.4, -0.2) is 107 Å². The van der Waals surface area contributed by atoms with Gasteiger partial charge in [-0.05, 0) is 42.7 Å². The Hall–Kier alpha value is -3.38. The van der Waals surface area contributed by atoms with Crippen LogP contribution < -0.4 is 10.6 Å². The van der Waals surface area contributed by atoms with Crippen LogP contribution >= 0.6 is 23.5 Å². The minimum Gasteiger partial charge on any atom is -0.480 e. The molecule has 2 aliphatic heterocycles. The van der Waals surface area contributed by atoms with Gasteiger partial charge in [-0.3, -0.25) is 14.5 Å². The average Bonchev–Trinajstić information content (AvgIpc) is 3.28. The number of aliphatic carboxylic acids is 2. The quantitative estimate of drug-likeness (QED) is 0.133. The fraction of sp³-hybridized carbons (Fsp3) is 0.619. The van der Waals surface area contributed by atoms with Gasteiger partial charge in [-0.1, -0.05) is 11.8 Å². The number of nitrogens with one attached hydrogen (secondary N) is 2. The molecule has 4 N–H and O–H groups in total. The molecule has 0 aliphatic carbocycles. The molecular formula is C21H29N7O9S2. The van der Waals surface area contributed by atoms with Gasteiger partial charge in [-0.2, -0.15) is 0 Å². The highest BCUT2D eigenvalue weighted by molar-refractivity contribution is 8.01. The summed E-state index contributed by atoms with van der Waals surface area (Å²) in [6, 6.07) is -1.27. The smallest absolute Gasteiger partial charge is 0.408 e. The molecule has 1 saturated heterocycles. The highest BCUT2D eigenvalue weighted by Crippen LogP contribution is 2.47. The number of hydrogen-bond acceptors (Lipinski definition) is 12. The largest absolute Gasteiger partial charge is 0.480 e. The van der Waals surface area contributed by atoms with E-state index in [1.54, 1.807) is 20.9 Å². The number of alkyl carbamates (subject to hydrolysis) is 1. The van der Waals surface area contributed by atoms with Crippen molar-refractivity contribution in [3.8, 4) is 0 Å². The number of fused-ring (bicyclic) bond motifs is 1. The summed E-state index contributed by atoms with van der Waals surface area (Å²) in [6.45, 7) is 3.23. The summed E-state index contributed by atoms with van der Waals surface area (Å²) >= 11 is 2.46. The number of nitrogens with zero attached hydrogens (tertiary/aromatic N) is 5. The topological polar surface area (TPSA) is 215 Å². The van der Waals surface area contributed by atoms with Crippen LogP contribution in [0.4, 0.5) is 4.79 Å². The van der Waals surface area contributed by atoms with Gasteiger partial charge < -0.3 is 30.3 Å². The summed E-state index contributed by atoms with van der Waals surface area (Å²) in [5, 5.41) is 34.8. The summed E-state index contributed by atoms with van der Waals surface area (Å²) in [5.41, 5.74) is -1.47. The summed E-state index contributed by atoms with van der Waals surface area (Å²) in [6.07, 6.45) is -1.49. The van der Waals surface area contributed by atoms with Gasteiger partial charge in [0.05, 0.1) is 6.10 Å². The second-order valence-electron chi connectivity index (χ2n) is 8.84. The molecule has 1 unspecified atom stereocenters. The number of carbonyl (C=O) groups excluding carboxylic acids is 3. The molecule has 3 heterocycles. The van der Waals surface area contributed by atoms with Gasteiger partial charge in [0.25, 0.3) is 11.6 Å². The van der Waals surface area contributed by atoms with E-state index < -0.39 is 53.1 Å². The number of carboxylic acids is 2. The number of hydrogen-bond donors (Lipinski definition) is 4. The molecule has 0 bridgehead atoms. The number of methoxy groups -OCH3 is 1. The monoisotopic (exact) mass is 587 g/mol. The summed E-state index contributed by atoms with van der Waals surface area (Å²) in [7, 11) is 2.88. The first-order valence-corrected chi connectivity index (χ1v) is 13.8. The third kappa shape index (κ3) is 6.62. The maximum absolute atomic E-state index is 13.2. The molecule has 2 aliphatic rings. The lowest BCUT2D eigenvalue weighted by Gasteiger charge is -2.55. The molecule has 39 heavy (non-hydrogen) atoms.